The SMILES string of the molecule is CC(C)(C)[Si](OCCOc1ccc2c(=C3SC=CS3)c3cc(OCCO[Si](c4ccccc4)(c4ccccc4)C(C)(C)C)ccc3c(=C3SC=CS3)c2c1)(c1ccccc1)c1ccccc1. The Morgan fingerprint density at radius 3 is 0.955 bits per heavy atom. The predicted molar refractivity (Wildman–Crippen MR) is 294 cm³/mol. The van der Waals surface area contributed by atoms with Crippen LogP contribution in [0.1, 0.15) is 41.5 Å². The standard InChI is InChI=1S/C56H56O4S4Si2/c1-55(2,3)65(43-19-11-7-12-20-43,44-21-13-8-14-22-44)59-33-31-57-41-27-29-47-49(39-41)51(53-61-35-36-62-53)48-30-28-42(40-50(48)52(47)54-63-37-38-64-54)58-32-34-60-66(56(4,5)6,45-23-15-9-16-24-45)46-25-17-10-18-26-46/h7-30,35-40H,31-34H2,1-6H3. The van der Waals surface area contributed by atoms with Crippen LogP contribution < -0.4 is 40.7 Å². The Morgan fingerprint density at radius 1 is 0.364 bits per heavy atom. The number of hydrogen-bond donors (Lipinski definition) is 0. The molecule has 2 aliphatic heterocycles. The van der Waals surface area contributed by atoms with Crippen molar-refractivity contribution in [2.75, 3.05) is 26.4 Å². The molecule has 7 aromatic carbocycles. The maximum absolute atomic E-state index is 7.20. The summed E-state index contributed by atoms with van der Waals surface area (Å²) in [7, 11) is -5.39. The minimum atomic E-state index is -2.70. The van der Waals surface area contributed by atoms with E-state index in [2.05, 4.69) is 221 Å². The average molecular weight is 978 g/mol. The summed E-state index contributed by atoms with van der Waals surface area (Å²) >= 11 is 7.13. The van der Waals surface area contributed by atoms with Gasteiger partial charge in [-0.15, -0.1) is 0 Å². The van der Waals surface area contributed by atoms with E-state index in [1.165, 1.54) is 61.2 Å². The summed E-state index contributed by atoms with van der Waals surface area (Å²) < 4.78 is 30.2. The van der Waals surface area contributed by atoms with Crippen molar-refractivity contribution in [2.24, 2.45) is 0 Å². The first-order valence-electron chi connectivity index (χ1n) is 22.5. The van der Waals surface area contributed by atoms with Crippen molar-refractivity contribution in [1.29, 1.82) is 0 Å². The second kappa shape index (κ2) is 20.1. The van der Waals surface area contributed by atoms with Gasteiger partial charge in [-0.3, -0.25) is 0 Å². The summed E-state index contributed by atoms with van der Waals surface area (Å²) in [5.74, 6) is 1.66. The molecule has 336 valence electrons. The normalized spacial score (nSPS) is 14.5. The first kappa shape index (κ1) is 46.7. The molecule has 2 heterocycles. The van der Waals surface area contributed by atoms with Crippen LogP contribution in [0.25, 0.3) is 30.0 Å². The van der Waals surface area contributed by atoms with Crippen LogP contribution in [0.2, 0.25) is 10.1 Å². The van der Waals surface area contributed by atoms with Crippen LogP contribution in [0.5, 0.6) is 11.5 Å². The molecular weight excluding hydrogens is 921 g/mol. The summed E-state index contributed by atoms with van der Waals surface area (Å²) in [5.41, 5.74) is 0. The van der Waals surface area contributed by atoms with Crippen LogP contribution in [-0.4, -0.2) is 43.1 Å². The first-order valence-corrected chi connectivity index (χ1v) is 29.9. The fourth-order valence-electron chi connectivity index (χ4n) is 9.69. The van der Waals surface area contributed by atoms with E-state index in [1.807, 2.05) is 0 Å². The van der Waals surface area contributed by atoms with E-state index in [-0.39, 0.29) is 10.1 Å². The molecule has 0 saturated heterocycles. The lowest BCUT2D eigenvalue weighted by atomic mass is 9.98. The van der Waals surface area contributed by atoms with E-state index >= 15 is 0 Å². The monoisotopic (exact) mass is 976 g/mol. The van der Waals surface area contributed by atoms with Crippen molar-refractivity contribution in [3.8, 4) is 11.5 Å². The van der Waals surface area contributed by atoms with Crippen molar-refractivity contribution in [2.45, 2.75) is 51.6 Å². The molecule has 0 amide bonds. The average Bonchev–Trinajstić information content (AvgIpc) is 4.07. The molecule has 4 nitrogen and oxygen atoms in total. The van der Waals surface area contributed by atoms with Gasteiger partial charge in [0.15, 0.2) is 0 Å². The lowest BCUT2D eigenvalue weighted by molar-refractivity contribution is 0.208. The summed E-state index contributed by atoms with van der Waals surface area (Å²) in [6, 6.07) is 56.5. The molecule has 0 N–H and O–H groups in total. The Kier molecular flexibility index (Phi) is 14.2. The highest BCUT2D eigenvalue weighted by atomic mass is 32.2. The van der Waals surface area contributed by atoms with Crippen molar-refractivity contribution in [3.05, 3.63) is 190 Å². The lowest BCUT2D eigenvalue weighted by Gasteiger charge is -2.43. The molecule has 0 aromatic heterocycles. The number of thioether (sulfide) groups is 4. The minimum Gasteiger partial charge on any atom is -0.491 e. The van der Waals surface area contributed by atoms with Crippen LogP contribution in [0.3, 0.4) is 0 Å². The molecule has 2 aliphatic rings. The van der Waals surface area contributed by atoms with Gasteiger partial charge in [0.05, 0.1) is 21.7 Å². The maximum atomic E-state index is 7.20. The van der Waals surface area contributed by atoms with Crippen LogP contribution >= 0.6 is 47.0 Å². The molecule has 0 fully saturated rings. The van der Waals surface area contributed by atoms with Gasteiger partial charge in [0.1, 0.15) is 24.7 Å². The summed E-state index contributed by atoms with van der Waals surface area (Å²) in [6.07, 6.45) is 0. The van der Waals surface area contributed by atoms with E-state index in [1.54, 1.807) is 47.0 Å². The molecule has 66 heavy (non-hydrogen) atoms. The second-order valence-corrected chi connectivity index (χ2v) is 31.3. The number of benzene rings is 7. The zero-order chi connectivity index (χ0) is 45.8. The third-order valence-corrected chi connectivity index (χ3v) is 26.8. The van der Waals surface area contributed by atoms with Gasteiger partial charge in [0.25, 0.3) is 16.6 Å². The van der Waals surface area contributed by atoms with Crippen molar-refractivity contribution >= 4 is 114 Å². The first-order chi connectivity index (χ1) is 32.0. The summed E-state index contributed by atoms with van der Waals surface area (Å²) in [4.78, 5) is 0. The molecule has 0 aliphatic carbocycles. The van der Waals surface area contributed by atoms with Crippen molar-refractivity contribution in [3.63, 3.8) is 0 Å². The van der Waals surface area contributed by atoms with Crippen molar-refractivity contribution in [1.82, 2.24) is 0 Å². The molecule has 7 aromatic rings. The Balaban J connectivity index is 1.03. The van der Waals surface area contributed by atoms with Gasteiger partial charge >= 0.3 is 0 Å². The van der Waals surface area contributed by atoms with Crippen LogP contribution in [0.4, 0.5) is 0 Å². The Labute approximate surface area is 409 Å². The zero-order valence-electron chi connectivity index (χ0n) is 38.4. The molecule has 0 radical (unpaired) electrons. The molecule has 0 bridgehead atoms. The van der Waals surface area contributed by atoms with Gasteiger partial charge in [-0.2, -0.15) is 0 Å². The third kappa shape index (κ3) is 9.16. The molecule has 10 heteroatoms. The molecular formula is C56H56O4S4Si2. The highest BCUT2D eigenvalue weighted by Crippen LogP contribution is 2.42. The Hall–Kier alpha value is -4.37. The van der Waals surface area contributed by atoms with E-state index in [4.69, 9.17) is 18.3 Å². The van der Waals surface area contributed by atoms with Gasteiger partial charge in [0.2, 0.25) is 0 Å². The minimum absolute atomic E-state index is 0.112. The van der Waals surface area contributed by atoms with Crippen LogP contribution in [0, 0.1) is 0 Å². The molecule has 0 unspecified atom stereocenters. The van der Waals surface area contributed by atoms with Gasteiger partial charge in [-0.05, 0) is 110 Å². The smallest absolute Gasteiger partial charge is 0.261 e. The predicted octanol–water partition coefficient (Wildman–Crippen LogP) is 11.9. The summed E-state index contributed by atoms with van der Waals surface area (Å²) in [6.45, 7) is 15.7. The van der Waals surface area contributed by atoms with E-state index < -0.39 is 16.6 Å². The van der Waals surface area contributed by atoms with Crippen LogP contribution in [-0.2, 0) is 8.85 Å². The third-order valence-electron chi connectivity index (χ3n) is 12.5. The largest absolute Gasteiger partial charge is 0.491 e. The topological polar surface area (TPSA) is 36.9 Å². The van der Waals surface area contributed by atoms with Gasteiger partial charge in [-0.25, -0.2) is 0 Å². The number of hydrogen-bond acceptors (Lipinski definition) is 8. The fraction of sp³-hybridized carbons (Fsp3) is 0.214. The highest BCUT2D eigenvalue weighted by Gasteiger charge is 2.51. The van der Waals surface area contributed by atoms with E-state index in [0.29, 0.717) is 26.4 Å². The molecule has 0 spiro atoms. The Morgan fingerprint density at radius 2 is 0.667 bits per heavy atom. The molecule has 0 saturated carbocycles. The molecule has 9 rings (SSSR count). The van der Waals surface area contributed by atoms with E-state index in [0.717, 1.165) is 11.5 Å². The van der Waals surface area contributed by atoms with Crippen LogP contribution in [0.15, 0.2) is 179 Å². The Bertz CT molecular complexity index is 2700. The van der Waals surface area contributed by atoms with Gasteiger partial charge < -0.3 is 18.3 Å². The second-order valence-electron chi connectivity index (χ2n) is 18.5. The maximum Gasteiger partial charge on any atom is 0.261 e. The quantitative estimate of drug-likeness (QED) is 0.0606. The number of ether oxygens (including phenoxy) is 2. The number of rotatable bonds is 14. The zero-order valence-corrected chi connectivity index (χ0v) is 43.7. The highest BCUT2D eigenvalue weighted by molar-refractivity contribution is 8.35. The van der Waals surface area contributed by atoms with Gasteiger partial charge in [-0.1, -0.05) is 210 Å². The van der Waals surface area contributed by atoms with Gasteiger partial charge in [0, 0.05) is 10.4 Å². The van der Waals surface area contributed by atoms with Crippen molar-refractivity contribution < 1.29 is 18.3 Å². The fourth-order valence-corrected chi connectivity index (χ4v) is 22.6. The summed E-state index contributed by atoms with van der Waals surface area (Å²) in [5, 5.41) is 20.7. The number of fused-ring (bicyclic) bond motifs is 2. The van der Waals surface area contributed by atoms with E-state index in [9.17, 15) is 0 Å². The molecule has 0 atom stereocenters. The lowest BCUT2D eigenvalue weighted by Crippen LogP contribution is -2.66.